The van der Waals surface area contributed by atoms with Gasteiger partial charge in [0.05, 0.1) is 5.92 Å². The van der Waals surface area contributed by atoms with Crippen LogP contribution in [0.1, 0.15) is 37.0 Å². The molecule has 31 heavy (non-hydrogen) atoms. The Balaban J connectivity index is 1.30. The number of carbonyl (C=O) groups is 1. The van der Waals surface area contributed by atoms with Crippen LogP contribution in [0.2, 0.25) is 0 Å². The van der Waals surface area contributed by atoms with E-state index in [2.05, 4.69) is 44.2 Å². The van der Waals surface area contributed by atoms with Crippen LogP contribution >= 0.6 is 0 Å². The van der Waals surface area contributed by atoms with Crippen LogP contribution in [0.3, 0.4) is 0 Å². The zero-order valence-corrected chi connectivity index (χ0v) is 17.9. The van der Waals surface area contributed by atoms with Crippen LogP contribution in [0.15, 0.2) is 84.9 Å². The summed E-state index contributed by atoms with van der Waals surface area (Å²) in [6.45, 7) is 4.61. The molecule has 1 fully saturated rings. The van der Waals surface area contributed by atoms with E-state index in [-0.39, 0.29) is 29.3 Å². The van der Waals surface area contributed by atoms with Crippen LogP contribution < -0.4 is 4.74 Å². The van der Waals surface area contributed by atoms with Crippen LogP contribution in [-0.2, 0) is 21.6 Å². The van der Waals surface area contributed by atoms with Gasteiger partial charge in [0.2, 0.25) is 0 Å². The smallest absolute Gasteiger partial charge is 0.311 e. The SMILES string of the molecule is CC[C@@]1(C)[C@H](C(=O)OCc2cccc(Oc3ccccc3)c2)[C@]12C=Cc1ccccc12. The summed E-state index contributed by atoms with van der Waals surface area (Å²) < 4.78 is 11.7. The van der Waals surface area contributed by atoms with Crippen LogP contribution in [0.5, 0.6) is 11.5 Å². The minimum Gasteiger partial charge on any atom is -0.461 e. The molecule has 0 radical (unpaired) electrons. The van der Waals surface area contributed by atoms with Gasteiger partial charge in [-0.1, -0.05) is 80.6 Å². The van der Waals surface area contributed by atoms with Crippen molar-refractivity contribution in [1.29, 1.82) is 0 Å². The first-order valence-electron chi connectivity index (χ1n) is 10.9. The lowest BCUT2D eigenvalue weighted by atomic mass is 9.87. The number of hydrogen-bond donors (Lipinski definition) is 0. The van der Waals surface area contributed by atoms with Gasteiger partial charge in [0.15, 0.2) is 0 Å². The highest BCUT2D eigenvalue weighted by Crippen LogP contribution is 2.74. The van der Waals surface area contributed by atoms with Gasteiger partial charge in [-0.15, -0.1) is 0 Å². The molecule has 3 heteroatoms. The molecule has 3 aromatic carbocycles. The molecule has 3 atom stereocenters. The number of rotatable bonds is 6. The fourth-order valence-electron chi connectivity index (χ4n) is 5.29. The van der Waals surface area contributed by atoms with Gasteiger partial charge in [0.25, 0.3) is 0 Å². The fourth-order valence-corrected chi connectivity index (χ4v) is 5.29. The molecule has 0 N–H and O–H groups in total. The van der Waals surface area contributed by atoms with E-state index in [0.29, 0.717) is 0 Å². The summed E-state index contributed by atoms with van der Waals surface area (Å²) in [7, 11) is 0. The molecule has 0 unspecified atom stereocenters. The standard InChI is InChI=1S/C28H26O3/c1-3-27(2)25(28(27)17-16-21-11-7-8-15-24(21)28)26(29)30-19-20-10-9-14-23(18-20)31-22-12-5-4-6-13-22/h4-18,25H,3,19H2,1-2H3/t25-,27-,28+/m0/s1. The first-order valence-corrected chi connectivity index (χ1v) is 10.9. The van der Waals surface area contributed by atoms with Gasteiger partial charge in [-0.2, -0.15) is 0 Å². The fraction of sp³-hybridized carbons (Fsp3) is 0.250. The topological polar surface area (TPSA) is 35.5 Å². The van der Waals surface area contributed by atoms with Gasteiger partial charge in [-0.25, -0.2) is 0 Å². The first kappa shape index (κ1) is 19.6. The highest BCUT2D eigenvalue weighted by Gasteiger charge is 2.76. The van der Waals surface area contributed by atoms with Crippen molar-refractivity contribution in [3.8, 4) is 11.5 Å². The summed E-state index contributed by atoms with van der Waals surface area (Å²) in [5.41, 5.74) is 3.01. The Morgan fingerprint density at radius 2 is 1.68 bits per heavy atom. The third kappa shape index (κ3) is 3.07. The number of esters is 1. The molecule has 0 saturated heterocycles. The largest absolute Gasteiger partial charge is 0.461 e. The van der Waals surface area contributed by atoms with E-state index in [1.807, 2.05) is 60.7 Å². The normalized spacial score (nSPS) is 25.3. The molecule has 0 aromatic heterocycles. The van der Waals surface area contributed by atoms with Crippen molar-refractivity contribution in [1.82, 2.24) is 0 Å². The number of benzene rings is 3. The van der Waals surface area contributed by atoms with Crippen molar-refractivity contribution >= 4 is 12.0 Å². The molecular formula is C28H26O3. The maximum Gasteiger partial charge on any atom is 0.311 e. The Morgan fingerprint density at radius 1 is 0.935 bits per heavy atom. The van der Waals surface area contributed by atoms with Gasteiger partial charge >= 0.3 is 5.97 Å². The number of para-hydroxylation sites is 1. The predicted molar refractivity (Wildman–Crippen MR) is 122 cm³/mol. The molecular weight excluding hydrogens is 384 g/mol. The van der Waals surface area contributed by atoms with Crippen LogP contribution in [0.4, 0.5) is 0 Å². The number of carbonyl (C=O) groups excluding carboxylic acids is 1. The molecule has 5 rings (SSSR count). The van der Waals surface area contributed by atoms with Gasteiger partial charge in [-0.3, -0.25) is 4.79 Å². The van der Waals surface area contributed by atoms with Crippen molar-refractivity contribution < 1.29 is 14.3 Å². The molecule has 156 valence electrons. The number of allylic oxidation sites excluding steroid dienone is 1. The minimum absolute atomic E-state index is 0.120. The summed E-state index contributed by atoms with van der Waals surface area (Å²) >= 11 is 0. The third-order valence-electron chi connectivity index (χ3n) is 7.12. The van der Waals surface area contributed by atoms with Crippen molar-refractivity contribution in [3.63, 3.8) is 0 Å². The van der Waals surface area contributed by atoms with Crippen molar-refractivity contribution in [2.24, 2.45) is 11.3 Å². The molecule has 0 aliphatic heterocycles. The second kappa shape index (κ2) is 7.42. The lowest BCUT2D eigenvalue weighted by Gasteiger charge is -2.15. The van der Waals surface area contributed by atoms with E-state index < -0.39 is 0 Å². The summed E-state index contributed by atoms with van der Waals surface area (Å²) in [6.07, 6.45) is 5.30. The molecule has 3 aromatic rings. The predicted octanol–water partition coefficient (Wildman–Crippen LogP) is 6.53. The number of fused-ring (bicyclic) bond motifs is 2. The van der Waals surface area contributed by atoms with E-state index >= 15 is 0 Å². The van der Waals surface area contributed by atoms with Crippen LogP contribution in [0.25, 0.3) is 6.08 Å². The van der Waals surface area contributed by atoms with Crippen LogP contribution in [-0.4, -0.2) is 5.97 Å². The number of hydrogen-bond acceptors (Lipinski definition) is 3. The van der Waals surface area contributed by atoms with E-state index in [0.717, 1.165) is 23.5 Å². The summed E-state index contributed by atoms with van der Waals surface area (Å²) in [5, 5.41) is 0. The maximum absolute atomic E-state index is 13.2. The summed E-state index contributed by atoms with van der Waals surface area (Å²) in [6, 6.07) is 25.7. The molecule has 1 spiro atoms. The van der Waals surface area contributed by atoms with Crippen molar-refractivity contribution in [2.45, 2.75) is 32.3 Å². The van der Waals surface area contributed by atoms with Crippen molar-refractivity contribution in [2.75, 3.05) is 0 Å². The molecule has 0 amide bonds. The molecule has 0 heterocycles. The van der Waals surface area contributed by atoms with E-state index in [1.54, 1.807) is 0 Å². The van der Waals surface area contributed by atoms with Gasteiger partial charge < -0.3 is 9.47 Å². The maximum atomic E-state index is 13.2. The Labute approximate surface area is 183 Å². The molecule has 2 aliphatic carbocycles. The van der Waals surface area contributed by atoms with E-state index in [1.165, 1.54) is 11.1 Å². The Bertz CT molecular complexity index is 1150. The zero-order valence-electron chi connectivity index (χ0n) is 17.9. The summed E-state index contributed by atoms with van der Waals surface area (Å²) in [5.74, 6) is 1.23. The molecule has 1 saturated carbocycles. The highest BCUT2D eigenvalue weighted by atomic mass is 16.5. The Morgan fingerprint density at radius 3 is 2.48 bits per heavy atom. The average Bonchev–Trinajstić information content (AvgIpc) is 3.13. The second-order valence-electron chi connectivity index (χ2n) is 8.66. The summed E-state index contributed by atoms with van der Waals surface area (Å²) in [4.78, 5) is 13.2. The second-order valence-corrected chi connectivity index (χ2v) is 8.66. The first-order chi connectivity index (χ1) is 15.1. The molecule has 3 nitrogen and oxygen atoms in total. The van der Waals surface area contributed by atoms with Gasteiger partial charge in [0.1, 0.15) is 18.1 Å². The third-order valence-corrected chi connectivity index (χ3v) is 7.12. The lowest BCUT2D eigenvalue weighted by Crippen LogP contribution is -2.14. The Kier molecular flexibility index (Phi) is 4.70. The molecule has 0 bridgehead atoms. The monoisotopic (exact) mass is 410 g/mol. The minimum atomic E-state index is -0.242. The van der Waals surface area contributed by atoms with E-state index in [9.17, 15) is 4.79 Å². The Hall–Kier alpha value is -3.33. The number of ether oxygens (including phenoxy) is 2. The zero-order chi connectivity index (χ0) is 21.5. The van der Waals surface area contributed by atoms with Crippen LogP contribution in [0, 0.1) is 11.3 Å². The lowest BCUT2D eigenvalue weighted by molar-refractivity contribution is -0.147. The average molecular weight is 411 g/mol. The van der Waals surface area contributed by atoms with Gasteiger partial charge in [0, 0.05) is 5.41 Å². The molecule has 2 aliphatic rings. The van der Waals surface area contributed by atoms with Gasteiger partial charge in [-0.05, 0) is 52.8 Å². The quantitative estimate of drug-likeness (QED) is 0.433. The van der Waals surface area contributed by atoms with Crippen molar-refractivity contribution in [3.05, 3.63) is 102 Å². The van der Waals surface area contributed by atoms with E-state index in [4.69, 9.17) is 9.47 Å². The highest BCUT2D eigenvalue weighted by molar-refractivity contribution is 5.86.